The largest absolute Gasteiger partial charge is 0.475 e. The van der Waals surface area contributed by atoms with Gasteiger partial charge in [0.2, 0.25) is 5.76 Å². The first-order valence-corrected chi connectivity index (χ1v) is 6.17. The van der Waals surface area contributed by atoms with Crippen LogP contribution in [0.3, 0.4) is 0 Å². The number of aromatic carboxylic acids is 1. The highest BCUT2D eigenvalue weighted by atomic mass is 16.4. The van der Waals surface area contributed by atoms with Gasteiger partial charge in [0, 0.05) is 5.69 Å². The van der Waals surface area contributed by atoms with Crippen LogP contribution in [0, 0.1) is 6.92 Å². The standard InChI is InChI=1S/C15H13NO4/c1-10-4-6-12(13-3-2-8-19-13)16(10)9-11-5-7-14(20-11)15(17)18/h2-8H,9H2,1H3,(H,17,18). The van der Waals surface area contributed by atoms with Crippen molar-refractivity contribution in [2.45, 2.75) is 13.5 Å². The van der Waals surface area contributed by atoms with E-state index in [-0.39, 0.29) is 5.76 Å². The molecule has 3 aromatic rings. The third-order valence-electron chi connectivity index (χ3n) is 3.16. The number of hydrogen-bond acceptors (Lipinski definition) is 3. The van der Waals surface area contributed by atoms with Crippen molar-refractivity contribution >= 4 is 5.97 Å². The van der Waals surface area contributed by atoms with Crippen LogP contribution in [0.25, 0.3) is 11.5 Å². The zero-order valence-corrected chi connectivity index (χ0v) is 10.9. The number of aryl methyl sites for hydroxylation is 1. The van der Waals surface area contributed by atoms with Crippen molar-refractivity contribution in [3.05, 3.63) is 59.9 Å². The lowest BCUT2D eigenvalue weighted by Crippen LogP contribution is -2.02. The minimum Gasteiger partial charge on any atom is -0.475 e. The zero-order valence-electron chi connectivity index (χ0n) is 10.9. The van der Waals surface area contributed by atoms with Gasteiger partial charge < -0.3 is 18.5 Å². The van der Waals surface area contributed by atoms with Crippen LogP contribution in [0.5, 0.6) is 0 Å². The quantitative estimate of drug-likeness (QED) is 0.789. The molecule has 3 rings (SSSR count). The number of carboxylic acid groups (broad SMARTS) is 1. The minimum absolute atomic E-state index is 0.0515. The molecule has 0 amide bonds. The highest BCUT2D eigenvalue weighted by molar-refractivity contribution is 5.84. The Hall–Kier alpha value is -2.69. The van der Waals surface area contributed by atoms with Gasteiger partial charge in [-0.2, -0.15) is 0 Å². The lowest BCUT2D eigenvalue weighted by atomic mass is 10.3. The lowest BCUT2D eigenvalue weighted by molar-refractivity contribution is 0.0660. The van der Waals surface area contributed by atoms with Gasteiger partial charge >= 0.3 is 5.97 Å². The van der Waals surface area contributed by atoms with Crippen LogP contribution in [-0.4, -0.2) is 15.6 Å². The van der Waals surface area contributed by atoms with Gasteiger partial charge in [0.25, 0.3) is 0 Å². The molecule has 0 spiro atoms. The highest BCUT2D eigenvalue weighted by Gasteiger charge is 2.13. The third kappa shape index (κ3) is 2.14. The van der Waals surface area contributed by atoms with Crippen LogP contribution in [-0.2, 0) is 6.54 Å². The van der Waals surface area contributed by atoms with Crippen LogP contribution in [0.4, 0.5) is 0 Å². The Morgan fingerprint density at radius 1 is 1.25 bits per heavy atom. The fraction of sp³-hybridized carbons (Fsp3) is 0.133. The van der Waals surface area contributed by atoms with Crippen molar-refractivity contribution in [1.82, 2.24) is 4.57 Å². The molecule has 0 bridgehead atoms. The molecule has 0 radical (unpaired) electrons. The topological polar surface area (TPSA) is 68.5 Å². The second-order valence-electron chi connectivity index (χ2n) is 4.49. The average Bonchev–Trinajstić information content (AvgIpc) is 3.12. The second kappa shape index (κ2) is 4.77. The smallest absolute Gasteiger partial charge is 0.371 e. The molecule has 0 saturated heterocycles. The number of furan rings is 2. The van der Waals surface area contributed by atoms with Crippen LogP contribution < -0.4 is 0 Å². The summed E-state index contributed by atoms with van der Waals surface area (Å²) in [7, 11) is 0. The molecule has 0 aliphatic heterocycles. The molecule has 0 fully saturated rings. The molecule has 0 saturated carbocycles. The van der Waals surface area contributed by atoms with Crippen molar-refractivity contribution < 1.29 is 18.7 Å². The van der Waals surface area contributed by atoms with E-state index < -0.39 is 5.97 Å². The van der Waals surface area contributed by atoms with Crippen molar-refractivity contribution in [2.75, 3.05) is 0 Å². The predicted octanol–water partition coefficient (Wildman–Crippen LogP) is 3.40. The molecule has 5 nitrogen and oxygen atoms in total. The van der Waals surface area contributed by atoms with E-state index in [0.717, 1.165) is 17.1 Å². The van der Waals surface area contributed by atoms with Gasteiger partial charge in [0.15, 0.2) is 0 Å². The molecule has 102 valence electrons. The fourth-order valence-corrected chi connectivity index (χ4v) is 2.15. The van der Waals surface area contributed by atoms with E-state index in [1.807, 2.05) is 35.8 Å². The van der Waals surface area contributed by atoms with Gasteiger partial charge in [-0.1, -0.05) is 0 Å². The maximum Gasteiger partial charge on any atom is 0.371 e. The summed E-state index contributed by atoms with van der Waals surface area (Å²) in [5, 5.41) is 8.87. The summed E-state index contributed by atoms with van der Waals surface area (Å²) >= 11 is 0. The number of nitrogens with zero attached hydrogens (tertiary/aromatic N) is 1. The van der Waals surface area contributed by atoms with Gasteiger partial charge in [-0.3, -0.25) is 0 Å². The van der Waals surface area contributed by atoms with Gasteiger partial charge in [-0.25, -0.2) is 4.79 Å². The summed E-state index contributed by atoms with van der Waals surface area (Å²) in [4.78, 5) is 10.8. The highest BCUT2D eigenvalue weighted by Crippen LogP contribution is 2.24. The molecule has 0 unspecified atom stereocenters. The number of aromatic nitrogens is 1. The molecule has 3 heterocycles. The summed E-state index contributed by atoms with van der Waals surface area (Å²) in [5.41, 5.74) is 1.98. The van der Waals surface area contributed by atoms with E-state index in [4.69, 9.17) is 13.9 Å². The Bertz CT molecular complexity index is 734. The zero-order chi connectivity index (χ0) is 14.1. The van der Waals surface area contributed by atoms with Crippen molar-refractivity contribution in [3.63, 3.8) is 0 Å². The van der Waals surface area contributed by atoms with E-state index >= 15 is 0 Å². The number of carbonyl (C=O) groups is 1. The average molecular weight is 271 g/mol. The monoisotopic (exact) mass is 271 g/mol. The second-order valence-corrected chi connectivity index (χ2v) is 4.49. The molecule has 5 heteroatoms. The van der Waals surface area contributed by atoms with Crippen molar-refractivity contribution in [1.29, 1.82) is 0 Å². The lowest BCUT2D eigenvalue weighted by Gasteiger charge is -2.08. The molecular formula is C15H13NO4. The first-order chi connectivity index (χ1) is 9.65. The first kappa shape index (κ1) is 12.3. The molecule has 0 aromatic carbocycles. The Balaban J connectivity index is 1.94. The Morgan fingerprint density at radius 3 is 2.75 bits per heavy atom. The molecule has 20 heavy (non-hydrogen) atoms. The molecule has 0 atom stereocenters. The van der Waals surface area contributed by atoms with Crippen LogP contribution >= 0.6 is 0 Å². The van der Waals surface area contributed by atoms with Gasteiger partial charge in [-0.05, 0) is 43.3 Å². The first-order valence-electron chi connectivity index (χ1n) is 6.17. The third-order valence-corrected chi connectivity index (χ3v) is 3.16. The van der Waals surface area contributed by atoms with Crippen molar-refractivity contribution in [3.8, 4) is 11.5 Å². The normalized spacial score (nSPS) is 10.8. The summed E-state index contributed by atoms with van der Waals surface area (Å²) in [6.07, 6.45) is 1.62. The summed E-state index contributed by atoms with van der Waals surface area (Å²) in [6, 6.07) is 10.8. The summed E-state index contributed by atoms with van der Waals surface area (Å²) < 4.78 is 12.7. The van der Waals surface area contributed by atoms with Gasteiger partial charge in [-0.15, -0.1) is 0 Å². The molecule has 0 aliphatic rings. The van der Waals surface area contributed by atoms with E-state index in [1.165, 1.54) is 6.07 Å². The van der Waals surface area contributed by atoms with Crippen LogP contribution in [0.1, 0.15) is 22.0 Å². The van der Waals surface area contributed by atoms with Gasteiger partial charge in [0.05, 0.1) is 18.5 Å². The van der Waals surface area contributed by atoms with E-state index in [1.54, 1.807) is 12.3 Å². The number of rotatable bonds is 4. The van der Waals surface area contributed by atoms with Crippen LogP contribution in [0.15, 0.2) is 51.5 Å². The Morgan fingerprint density at radius 2 is 2.10 bits per heavy atom. The SMILES string of the molecule is Cc1ccc(-c2ccco2)n1Cc1ccc(C(=O)O)o1. The molecule has 3 aromatic heterocycles. The van der Waals surface area contributed by atoms with E-state index in [2.05, 4.69) is 0 Å². The Kier molecular flexibility index (Phi) is 2.95. The maximum atomic E-state index is 10.8. The van der Waals surface area contributed by atoms with Gasteiger partial charge in [0.1, 0.15) is 11.5 Å². The van der Waals surface area contributed by atoms with Crippen LogP contribution in [0.2, 0.25) is 0 Å². The molecule has 0 aliphatic carbocycles. The van der Waals surface area contributed by atoms with E-state index in [0.29, 0.717) is 12.3 Å². The molecule has 1 N–H and O–H groups in total. The number of carboxylic acids is 1. The number of hydrogen-bond donors (Lipinski definition) is 1. The predicted molar refractivity (Wildman–Crippen MR) is 71.6 cm³/mol. The van der Waals surface area contributed by atoms with Crippen molar-refractivity contribution in [2.24, 2.45) is 0 Å². The van der Waals surface area contributed by atoms with E-state index in [9.17, 15) is 4.79 Å². The summed E-state index contributed by atoms with van der Waals surface area (Å²) in [6.45, 7) is 2.44. The fourth-order valence-electron chi connectivity index (χ4n) is 2.15. The molecular weight excluding hydrogens is 258 g/mol. The Labute approximate surface area is 115 Å². The summed E-state index contributed by atoms with van der Waals surface area (Å²) in [5.74, 6) is 0.244. The minimum atomic E-state index is -1.06. The maximum absolute atomic E-state index is 10.8.